The van der Waals surface area contributed by atoms with Gasteiger partial charge < -0.3 is 10.1 Å². The Labute approximate surface area is 140 Å². The molecule has 122 valence electrons. The highest BCUT2D eigenvalue weighted by atomic mass is 35.5. The van der Waals surface area contributed by atoms with Crippen molar-refractivity contribution in [3.05, 3.63) is 41.6 Å². The van der Waals surface area contributed by atoms with E-state index in [-0.39, 0.29) is 12.5 Å². The number of benzene rings is 1. The molecule has 0 radical (unpaired) electrons. The number of aromatic nitrogens is 2. The lowest BCUT2D eigenvalue weighted by Gasteiger charge is -2.23. The van der Waals surface area contributed by atoms with Crippen LogP contribution in [0.25, 0.3) is 0 Å². The first-order chi connectivity index (χ1) is 11.2. The summed E-state index contributed by atoms with van der Waals surface area (Å²) in [6.07, 6.45) is 7.69. The zero-order valence-corrected chi connectivity index (χ0v) is 13.6. The first-order valence-corrected chi connectivity index (χ1v) is 8.32. The molecular formula is C17H20ClN3O2. The van der Waals surface area contributed by atoms with Gasteiger partial charge in [0.25, 0.3) is 5.91 Å². The summed E-state index contributed by atoms with van der Waals surface area (Å²) in [6, 6.07) is 9.14. The molecule has 2 aromatic rings. The number of carbonyl (C=O) groups excluding carboxylic acids is 1. The fourth-order valence-electron chi connectivity index (χ4n) is 2.89. The fraction of sp³-hybridized carbons (Fsp3) is 0.412. The lowest BCUT2D eigenvalue weighted by Crippen LogP contribution is -2.24. The zero-order valence-electron chi connectivity index (χ0n) is 12.9. The Morgan fingerprint density at radius 3 is 2.70 bits per heavy atom. The van der Waals surface area contributed by atoms with Crippen molar-refractivity contribution in [1.29, 1.82) is 0 Å². The number of carbonyl (C=O) groups is 1. The molecule has 0 saturated heterocycles. The Bertz CT molecular complexity index is 648. The van der Waals surface area contributed by atoms with Crippen LogP contribution >= 0.6 is 11.6 Å². The second-order valence-electron chi connectivity index (χ2n) is 5.74. The summed E-state index contributed by atoms with van der Waals surface area (Å²) in [7, 11) is 0. The van der Waals surface area contributed by atoms with Crippen LogP contribution in [0.2, 0.25) is 5.02 Å². The van der Waals surface area contributed by atoms with Crippen LogP contribution in [-0.2, 0) is 4.79 Å². The Kier molecular flexibility index (Phi) is 5.18. The van der Waals surface area contributed by atoms with Gasteiger partial charge in [0.2, 0.25) is 0 Å². The van der Waals surface area contributed by atoms with Gasteiger partial charge in [0.1, 0.15) is 11.6 Å². The fourth-order valence-corrected chi connectivity index (χ4v) is 3.01. The van der Waals surface area contributed by atoms with E-state index in [1.54, 1.807) is 30.5 Å². The number of rotatable bonds is 5. The largest absolute Gasteiger partial charge is 0.484 e. The third-order valence-electron chi connectivity index (χ3n) is 4.04. The van der Waals surface area contributed by atoms with Crippen molar-refractivity contribution in [1.82, 2.24) is 9.78 Å². The highest BCUT2D eigenvalue weighted by Gasteiger charge is 2.19. The number of hydrogen-bond donors (Lipinski definition) is 1. The van der Waals surface area contributed by atoms with Crippen molar-refractivity contribution >= 4 is 23.3 Å². The maximum Gasteiger partial charge on any atom is 0.263 e. The molecule has 1 aromatic heterocycles. The molecule has 0 atom stereocenters. The van der Waals surface area contributed by atoms with Gasteiger partial charge in [-0.25, -0.2) is 4.68 Å². The first kappa shape index (κ1) is 15.9. The molecule has 1 saturated carbocycles. The van der Waals surface area contributed by atoms with E-state index in [4.69, 9.17) is 16.3 Å². The van der Waals surface area contributed by atoms with Gasteiger partial charge in [0.15, 0.2) is 6.61 Å². The monoisotopic (exact) mass is 333 g/mol. The van der Waals surface area contributed by atoms with E-state index in [0.29, 0.717) is 16.8 Å². The van der Waals surface area contributed by atoms with E-state index in [1.165, 1.54) is 19.3 Å². The normalized spacial score (nSPS) is 15.3. The Hall–Kier alpha value is -2.01. The summed E-state index contributed by atoms with van der Waals surface area (Å²) >= 11 is 5.82. The molecule has 3 rings (SSSR count). The third-order valence-corrected chi connectivity index (χ3v) is 4.29. The minimum Gasteiger partial charge on any atom is -0.484 e. The predicted molar refractivity (Wildman–Crippen MR) is 89.9 cm³/mol. The van der Waals surface area contributed by atoms with E-state index >= 15 is 0 Å². The molecule has 0 unspecified atom stereocenters. The summed E-state index contributed by atoms with van der Waals surface area (Å²) in [4.78, 5) is 12.1. The van der Waals surface area contributed by atoms with Gasteiger partial charge in [-0.3, -0.25) is 4.79 Å². The SMILES string of the molecule is O=C(COc1ccc(Cl)cc1)Nc1ccnn1C1CCCCC1. The number of ether oxygens (including phenoxy) is 1. The Morgan fingerprint density at radius 2 is 1.96 bits per heavy atom. The van der Waals surface area contributed by atoms with E-state index in [9.17, 15) is 4.79 Å². The Morgan fingerprint density at radius 1 is 1.22 bits per heavy atom. The number of halogens is 1. The first-order valence-electron chi connectivity index (χ1n) is 7.94. The van der Waals surface area contributed by atoms with E-state index in [0.717, 1.165) is 18.7 Å². The smallest absolute Gasteiger partial charge is 0.263 e. The molecule has 23 heavy (non-hydrogen) atoms. The van der Waals surface area contributed by atoms with Crippen LogP contribution in [0, 0.1) is 0 Å². The summed E-state index contributed by atoms with van der Waals surface area (Å²) in [5.41, 5.74) is 0. The molecule has 1 N–H and O–H groups in total. The van der Waals surface area contributed by atoms with Crippen LogP contribution < -0.4 is 10.1 Å². The van der Waals surface area contributed by atoms with Gasteiger partial charge in [-0.2, -0.15) is 5.10 Å². The molecule has 0 bridgehead atoms. The quantitative estimate of drug-likeness (QED) is 0.897. The van der Waals surface area contributed by atoms with Gasteiger partial charge in [0, 0.05) is 11.1 Å². The number of amides is 1. The molecule has 1 amide bonds. The van der Waals surface area contributed by atoms with Gasteiger partial charge in [-0.05, 0) is 37.1 Å². The third kappa shape index (κ3) is 4.26. The number of nitrogens with zero attached hydrogens (tertiary/aromatic N) is 2. The van der Waals surface area contributed by atoms with Crippen LogP contribution in [0.3, 0.4) is 0 Å². The number of anilines is 1. The van der Waals surface area contributed by atoms with Crippen molar-refractivity contribution in [3.8, 4) is 5.75 Å². The van der Waals surface area contributed by atoms with Crippen LogP contribution in [0.5, 0.6) is 5.75 Å². The number of hydrogen-bond acceptors (Lipinski definition) is 3. The highest BCUT2D eigenvalue weighted by molar-refractivity contribution is 6.30. The standard InChI is InChI=1S/C17H20ClN3O2/c18-13-6-8-15(9-7-13)23-12-17(22)20-16-10-11-19-21(16)14-4-2-1-3-5-14/h6-11,14H,1-5,12H2,(H,20,22). The minimum atomic E-state index is -0.197. The van der Waals surface area contributed by atoms with E-state index < -0.39 is 0 Å². The van der Waals surface area contributed by atoms with Crippen LogP contribution in [0.4, 0.5) is 5.82 Å². The van der Waals surface area contributed by atoms with Gasteiger partial charge in [-0.1, -0.05) is 30.9 Å². The van der Waals surface area contributed by atoms with Crippen molar-refractivity contribution in [3.63, 3.8) is 0 Å². The molecule has 1 heterocycles. The maximum atomic E-state index is 12.1. The van der Waals surface area contributed by atoms with Crippen LogP contribution in [0.15, 0.2) is 36.5 Å². The topological polar surface area (TPSA) is 56.1 Å². The molecule has 0 aliphatic heterocycles. The molecule has 1 aliphatic rings. The summed E-state index contributed by atoms with van der Waals surface area (Å²) in [6.45, 7) is -0.0442. The molecule has 6 heteroatoms. The van der Waals surface area contributed by atoms with Gasteiger partial charge >= 0.3 is 0 Å². The molecular weight excluding hydrogens is 314 g/mol. The van der Waals surface area contributed by atoms with Crippen molar-refractivity contribution in [2.45, 2.75) is 38.1 Å². The van der Waals surface area contributed by atoms with Crippen molar-refractivity contribution in [2.75, 3.05) is 11.9 Å². The molecule has 0 spiro atoms. The van der Waals surface area contributed by atoms with Crippen LogP contribution in [-0.4, -0.2) is 22.3 Å². The van der Waals surface area contributed by atoms with Gasteiger partial charge in [0.05, 0.1) is 12.2 Å². The Balaban J connectivity index is 1.55. The maximum absolute atomic E-state index is 12.1. The van der Waals surface area contributed by atoms with Crippen LogP contribution in [0.1, 0.15) is 38.1 Å². The summed E-state index contributed by atoms with van der Waals surface area (Å²) in [5, 5.41) is 7.88. The lowest BCUT2D eigenvalue weighted by molar-refractivity contribution is -0.118. The van der Waals surface area contributed by atoms with Crippen molar-refractivity contribution < 1.29 is 9.53 Å². The molecule has 1 aliphatic carbocycles. The van der Waals surface area contributed by atoms with E-state index in [2.05, 4.69) is 10.4 Å². The second kappa shape index (κ2) is 7.51. The average Bonchev–Trinajstić information content (AvgIpc) is 3.03. The van der Waals surface area contributed by atoms with Crippen molar-refractivity contribution in [2.24, 2.45) is 0 Å². The lowest BCUT2D eigenvalue weighted by atomic mass is 9.96. The second-order valence-corrected chi connectivity index (χ2v) is 6.18. The molecule has 1 fully saturated rings. The predicted octanol–water partition coefficient (Wildman–Crippen LogP) is 4.06. The number of nitrogens with one attached hydrogen (secondary N) is 1. The average molecular weight is 334 g/mol. The zero-order chi connectivity index (χ0) is 16.1. The molecule has 5 nitrogen and oxygen atoms in total. The molecule has 1 aromatic carbocycles. The summed E-state index contributed by atoms with van der Waals surface area (Å²) in [5.74, 6) is 1.16. The minimum absolute atomic E-state index is 0.0442. The summed E-state index contributed by atoms with van der Waals surface area (Å²) < 4.78 is 7.39. The van der Waals surface area contributed by atoms with Gasteiger partial charge in [-0.15, -0.1) is 0 Å². The van der Waals surface area contributed by atoms with E-state index in [1.807, 2.05) is 10.7 Å². The highest BCUT2D eigenvalue weighted by Crippen LogP contribution is 2.29.